The first-order valence-corrected chi connectivity index (χ1v) is 7.30. The fourth-order valence-electron chi connectivity index (χ4n) is 2.87. The zero-order valence-electron chi connectivity index (χ0n) is 10.4. The van der Waals surface area contributed by atoms with Crippen LogP contribution in [0.1, 0.15) is 31.9 Å². The molecule has 5 heteroatoms. The second-order valence-electron chi connectivity index (χ2n) is 4.91. The SMILES string of the molecule is CCN1C(=S)N[C@H]2C[C@@]1(C)Oc1ccc(Br)cc12. The zero-order chi connectivity index (χ0) is 12.9. The molecule has 0 aliphatic carbocycles. The van der Waals surface area contributed by atoms with Gasteiger partial charge in [-0.05, 0) is 44.3 Å². The Morgan fingerprint density at radius 1 is 1.61 bits per heavy atom. The van der Waals surface area contributed by atoms with Crippen LogP contribution in [0.15, 0.2) is 22.7 Å². The van der Waals surface area contributed by atoms with Gasteiger partial charge in [0.25, 0.3) is 0 Å². The van der Waals surface area contributed by atoms with E-state index in [0.29, 0.717) is 0 Å². The molecular formula is C13H15BrN2OS. The molecule has 1 aromatic carbocycles. The highest BCUT2D eigenvalue weighted by atomic mass is 79.9. The molecular weight excluding hydrogens is 312 g/mol. The summed E-state index contributed by atoms with van der Waals surface area (Å²) < 4.78 is 7.27. The van der Waals surface area contributed by atoms with Gasteiger partial charge in [0.15, 0.2) is 10.8 Å². The lowest BCUT2D eigenvalue weighted by atomic mass is 9.91. The molecule has 2 aliphatic rings. The van der Waals surface area contributed by atoms with Crippen LogP contribution in [0.25, 0.3) is 0 Å². The summed E-state index contributed by atoms with van der Waals surface area (Å²) in [6, 6.07) is 6.38. The van der Waals surface area contributed by atoms with E-state index in [-0.39, 0.29) is 11.8 Å². The molecule has 18 heavy (non-hydrogen) atoms. The van der Waals surface area contributed by atoms with Crippen LogP contribution in [0, 0.1) is 0 Å². The maximum atomic E-state index is 6.20. The number of nitrogens with zero attached hydrogens (tertiary/aromatic N) is 1. The van der Waals surface area contributed by atoms with Crippen molar-refractivity contribution in [2.45, 2.75) is 32.0 Å². The summed E-state index contributed by atoms with van der Waals surface area (Å²) in [5.41, 5.74) is 0.850. The number of ether oxygens (including phenoxy) is 1. The molecule has 96 valence electrons. The summed E-state index contributed by atoms with van der Waals surface area (Å²) in [6.45, 7) is 5.06. The highest BCUT2D eigenvalue weighted by Gasteiger charge is 2.46. The number of rotatable bonds is 1. The molecule has 0 radical (unpaired) electrons. The van der Waals surface area contributed by atoms with Crippen LogP contribution in [0.4, 0.5) is 0 Å². The monoisotopic (exact) mass is 326 g/mol. The van der Waals surface area contributed by atoms with Crippen LogP contribution in [-0.4, -0.2) is 22.3 Å². The van der Waals surface area contributed by atoms with Gasteiger partial charge in [-0.15, -0.1) is 0 Å². The number of nitrogens with one attached hydrogen (secondary N) is 1. The average Bonchev–Trinajstić information content (AvgIpc) is 2.30. The molecule has 1 saturated heterocycles. The molecule has 2 aliphatic heterocycles. The molecule has 2 bridgehead atoms. The van der Waals surface area contributed by atoms with Gasteiger partial charge in [-0.2, -0.15) is 0 Å². The van der Waals surface area contributed by atoms with Crippen LogP contribution >= 0.6 is 28.1 Å². The Balaban J connectivity index is 2.08. The number of hydrogen-bond donors (Lipinski definition) is 1. The predicted molar refractivity (Wildman–Crippen MR) is 78.6 cm³/mol. The van der Waals surface area contributed by atoms with Gasteiger partial charge in [-0.25, -0.2) is 0 Å². The Morgan fingerprint density at radius 3 is 3.11 bits per heavy atom. The lowest BCUT2D eigenvalue weighted by Gasteiger charge is -2.52. The fraction of sp³-hybridized carbons (Fsp3) is 0.462. The quantitative estimate of drug-likeness (QED) is 0.801. The molecule has 2 atom stereocenters. The maximum absolute atomic E-state index is 6.20. The van der Waals surface area contributed by atoms with Gasteiger partial charge in [0.05, 0.1) is 6.04 Å². The Kier molecular flexibility index (Phi) is 2.79. The lowest BCUT2D eigenvalue weighted by molar-refractivity contribution is -0.0658. The van der Waals surface area contributed by atoms with Crippen molar-refractivity contribution < 1.29 is 4.74 Å². The summed E-state index contributed by atoms with van der Waals surface area (Å²) in [5, 5.41) is 4.19. The second kappa shape index (κ2) is 4.10. The van der Waals surface area contributed by atoms with Crippen LogP contribution in [-0.2, 0) is 0 Å². The van der Waals surface area contributed by atoms with Crippen LogP contribution < -0.4 is 10.1 Å². The van der Waals surface area contributed by atoms with Crippen LogP contribution in [0.3, 0.4) is 0 Å². The van der Waals surface area contributed by atoms with E-state index in [0.717, 1.165) is 28.3 Å². The molecule has 0 unspecified atom stereocenters. The number of benzene rings is 1. The minimum atomic E-state index is -0.331. The predicted octanol–water partition coefficient (Wildman–Crippen LogP) is 3.20. The van der Waals surface area contributed by atoms with Gasteiger partial charge in [0.2, 0.25) is 0 Å². The van der Waals surface area contributed by atoms with Crippen molar-refractivity contribution in [3.05, 3.63) is 28.2 Å². The van der Waals surface area contributed by atoms with Gasteiger partial charge in [0, 0.05) is 23.0 Å². The third-order valence-electron chi connectivity index (χ3n) is 3.69. The first-order valence-electron chi connectivity index (χ1n) is 6.10. The van der Waals surface area contributed by atoms with Gasteiger partial charge >= 0.3 is 0 Å². The van der Waals surface area contributed by atoms with E-state index in [1.54, 1.807) is 0 Å². The molecule has 0 spiro atoms. The Morgan fingerprint density at radius 2 is 2.39 bits per heavy atom. The fourth-order valence-corrected chi connectivity index (χ4v) is 3.71. The molecule has 3 rings (SSSR count). The Hall–Kier alpha value is -0.810. The first kappa shape index (κ1) is 12.2. The summed E-state index contributed by atoms with van der Waals surface area (Å²) in [7, 11) is 0. The lowest BCUT2D eigenvalue weighted by Crippen LogP contribution is -2.64. The highest BCUT2D eigenvalue weighted by Crippen LogP contribution is 2.44. The van der Waals surface area contributed by atoms with Crippen molar-refractivity contribution >= 4 is 33.3 Å². The molecule has 0 aromatic heterocycles. The normalized spacial score (nSPS) is 29.4. The maximum Gasteiger partial charge on any atom is 0.184 e. The van der Waals surface area contributed by atoms with Crippen molar-refractivity contribution in [3.63, 3.8) is 0 Å². The molecule has 1 aromatic rings. The van der Waals surface area contributed by atoms with Crippen LogP contribution in [0.5, 0.6) is 5.75 Å². The average molecular weight is 327 g/mol. The molecule has 1 N–H and O–H groups in total. The van der Waals surface area contributed by atoms with E-state index < -0.39 is 0 Å². The number of halogens is 1. The summed E-state index contributed by atoms with van der Waals surface area (Å²) >= 11 is 8.95. The summed E-state index contributed by atoms with van der Waals surface area (Å²) in [5.74, 6) is 0.949. The molecule has 0 amide bonds. The smallest absolute Gasteiger partial charge is 0.184 e. The summed E-state index contributed by atoms with van der Waals surface area (Å²) in [4.78, 5) is 2.11. The standard InChI is InChI=1S/C13H15BrN2OS/c1-3-16-12(18)15-10-7-13(16,2)17-11-5-4-8(14)6-9(10)11/h4-6,10H,3,7H2,1-2H3,(H,15,18)/t10-,13+/m0/s1. The van der Waals surface area contributed by atoms with Gasteiger partial charge in [-0.3, -0.25) is 0 Å². The minimum absolute atomic E-state index is 0.242. The molecule has 0 saturated carbocycles. The highest BCUT2D eigenvalue weighted by molar-refractivity contribution is 9.10. The third-order valence-corrected chi connectivity index (χ3v) is 4.52. The number of thiocarbonyl (C=S) groups is 1. The van der Waals surface area contributed by atoms with E-state index in [1.165, 1.54) is 5.56 Å². The Labute approximate surface area is 121 Å². The van der Waals surface area contributed by atoms with Gasteiger partial charge < -0.3 is 15.0 Å². The van der Waals surface area contributed by atoms with Gasteiger partial charge in [-0.1, -0.05) is 15.9 Å². The third kappa shape index (κ3) is 1.72. The number of hydrogen-bond acceptors (Lipinski definition) is 2. The van der Waals surface area contributed by atoms with E-state index in [2.05, 4.69) is 46.1 Å². The van der Waals surface area contributed by atoms with E-state index in [1.807, 2.05) is 12.1 Å². The van der Waals surface area contributed by atoms with Gasteiger partial charge in [0.1, 0.15) is 5.75 Å². The largest absolute Gasteiger partial charge is 0.468 e. The number of fused-ring (bicyclic) bond motifs is 4. The van der Waals surface area contributed by atoms with E-state index in [9.17, 15) is 0 Å². The first-order chi connectivity index (χ1) is 8.53. The molecule has 2 heterocycles. The van der Waals surface area contributed by atoms with Crippen LogP contribution in [0.2, 0.25) is 0 Å². The van der Waals surface area contributed by atoms with Crippen molar-refractivity contribution in [1.29, 1.82) is 0 Å². The van der Waals surface area contributed by atoms with E-state index in [4.69, 9.17) is 17.0 Å². The second-order valence-corrected chi connectivity index (χ2v) is 6.21. The molecule has 1 fully saturated rings. The zero-order valence-corrected chi connectivity index (χ0v) is 12.8. The van der Waals surface area contributed by atoms with Crippen molar-refractivity contribution in [2.75, 3.05) is 6.54 Å². The molecule has 3 nitrogen and oxygen atoms in total. The van der Waals surface area contributed by atoms with Crippen molar-refractivity contribution in [3.8, 4) is 5.75 Å². The summed E-state index contributed by atoms with van der Waals surface area (Å²) in [6.07, 6.45) is 0.907. The topological polar surface area (TPSA) is 24.5 Å². The Bertz CT molecular complexity index is 522. The minimum Gasteiger partial charge on any atom is -0.468 e. The van der Waals surface area contributed by atoms with Crippen molar-refractivity contribution in [1.82, 2.24) is 10.2 Å². The van der Waals surface area contributed by atoms with E-state index >= 15 is 0 Å². The van der Waals surface area contributed by atoms with Crippen molar-refractivity contribution in [2.24, 2.45) is 0 Å².